The normalized spacial score (nSPS) is 22.1. The summed E-state index contributed by atoms with van der Waals surface area (Å²) in [5.74, 6) is 0.639. The third-order valence-electron chi connectivity index (χ3n) is 1.80. The van der Waals surface area contributed by atoms with E-state index in [1.165, 1.54) is 27.4 Å². The average Bonchev–Trinajstić information content (AvgIpc) is 2.18. The summed E-state index contributed by atoms with van der Waals surface area (Å²) in [4.78, 5) is 11.4. The summed E-state index contributed by atoms with van der Waals surface area (Å²) in [6.45, 7) is 0. The largest absolute Gasteiger partial charge is 0.497 e. The smallest absolute Gasteiger partial charge is 0.230 e. The van der Waals surface area contributed by atoms with Gasteiger partial charge in [0.25, 0.3) is 0 Å². The number of ketones is 1. The topological polar surface area (TPSA) is 44.8 Å². The van der Waals surface area contributed by atoms with Crippen molar-refractivity contribution < 1.29 is 19.0 Å². The maximum Gasteiger partial charge on any atom is 0.230 e. The third kappa shape index (κ3) is 1.89. The number of Topliss-reactive ketones (excluding diaryl/α,β-unsaturated/α-hetero) is 1. The van der Waals surface area contributed by atoms with Crippen molar-refractivity contribution in [3.63, 3.8) is 0 Å². The highest BCUT2D eigenvalue weighted by molar-refractivity contribution is 6.00. The minimum absolute atomic E-state index is 0.189. The van der Waals surface area contributed by atoms with Crippen LogP contribution in [0.15, 0.2) is 23.7 Å². The van der Waals surface area contributed by atoms with Gasteiger partial charge in [-0.1, -0.05) is 0 Å². The van der Waals surface area contributed by atoms with E-state index in [0.29, 0.717) is 5.76 Å². The molecular weight excluding hydrogens is 172 g/mol. The maximum atomic E-state index is 11.4. The zero-order chi connectivity index (χ0) is 9.84. The van der Waals surface area contributed by atoms with Gasteiger partial charge in [0.15, 0.2) is 5.76 Å². The van der Waals surface area contributed by atoms with E-state index in [2.05, 4.69) is 0 Å². The molecule has 1 rings (SSSR count). The number of methoxy groups -OCH3 is 3. The number of rotatable bonds is 3. The Bertz CT molecular complexity index is 265. The van der Waals surface area contributed by atoms with Gasteiger partial charge in [-0.3, -0.25) is 4.79 Å². The van der Waals surface area contributed by atoms with Crippen molar-refractivity contribution in [2.45, 2.75) is 6.10 Å². The molecule has 0 heterocycles. The molecule has 0 fully saturated rings. The Labute approximate surface area is 76.8 Å². The molecule has 1 unspecified atom stereocenters. The van der Waals surface area contributed by atoms with E-state index in [9.17, 15) is 4.79 Å². The Balaban J connectivity index is 2.92. The Morgan fingerprint density at radius 2 is 1.92 bits per heavy atom. The molecule has 1 atom stereocenters. The molecule has 0 radical (unpaired) electrons. The first-order chi connectivity index (χ1) is 6.22. The molecule has 0 saturated carbocycles. The molecule has 0 N–H and O–H groups in total. The van der Waals surface area contributed by atoms with Crippen LogP contribution in [0.3, 0.4) is 0 Å². The van der Waals surface area contributed by atoms with Gasteiger partial charge in [-0.25, -0.2) is 0 Å². The van der Waals surface area contributed by atoms with Crippen LogP contribution in [0.25, 0.3) is 0 Å². The van der Waals surface area contributed by atoms with E-state index < -0.39 is 6.10 Å². The average molecular weight is 184 g/mol. The first-order valence-corrected chi connectivity index (χ1v) is 3.81. The van der Waals surface area contributed by atoms with Crippen LogP contribution < -0.4 is 0 Å². The van der Waals surface area contributed by atoms with Crippen LogP contribution in [0, 0.1) is 0 Å². The molecule has 0 bridgehead atoms. The standard InChI is InChI=1S/C9H12O4/c1-11-6-4-7(12-2)9(10)8(5-6)13-3/h4-5,7H,1-3H3. The fourth-order valence-corrected chi connectivity index (χ4v) is 1.08. The van der Waals surface area contributed by atoms with E-state index in [-0.39, 0.29) is 11.5 Å². The molecule has 0 amide bonds. The zero-order valence-corrected chi connectivity index (χ0v) is 7.87. The fourth-order valence-electron chi connectivity index (χ4n) is 1.08. The number of carbonyl (C=O) groups is 1. The lowest BCUT2D eigenvalue weighted by molar-refractivity contribution is -0.126. The highest BCUT2D eigenvalue weighted by Crippen LogP contribution is 2.17. The second-order valence-electron chi connectivity index (χ2n) is 2.51. The second-order valence-corrected chi connectivity index (χ2v) is 2.51. The summed E-state index contributed by atoms with van der Waals surface area (Å²) in [5, 5.41) is 0. The van der Waals surface area contributed by atoms with Gasteiger partial charge in [0.05, 0.1) is 14.2 Å². The van der Waals surface area contributed by atoms with Crippen LogP contribution >= 0.6 is 0 Å². The van der Waals surface area contributed by atoms with Crippen LogP contribution in [0.1, 0.15) is 0 Å². The Hall–Kier alpha value is -1.29. The predicted molar refractivity (Wildman–Crippen MR) is 46.0 cm³/mol. The fraction of sp³-hybridized carbons (Fsp3) is 0.444. The molecule has 72 valence electrons. The monoisotopic (exact) mass is 184 g/mol. The maximum absolute atomic E-state index is 11.4. The van der Waals surface area contributed by atoms with Crippen LogP contribution in [0.2, 0.25) is 0 Å². The molecule has 0 aliphatic heterocycles. The molecule has 1 aliphatic carbocycles. The van der Waals surface area contributed by atoms with Gasteiger partial charge in [0.2, 0.25) is 5.78 Å². The van der Waals surface area contributed by atoms with Crippen molar-refractivity contribution in [1.29, 1.82) is 0 Å². The van der Waals surface area contributed by atoms with Gasteiger partial charge >= 0.3 is 0 Å². The lowest BCUT2D eigenvalue weighted by Gasteiger charge is -2.17. The van der Waals surface area contributed by atoms with E-state index in [4.69, 9.17) is 14.2 Å². The first kappa shape index (κ1) is 9.80. The van der Waals surface area contributed by atoms with E-state index in [0.717, 1.165) is 0 Å². The first-order valence-electron chi connectivity index (χ1n) is 3.81. The van der Waals surface area contributed by atoms with Crippen LogP contribution in [0.4, 0.5) is 0 Å². The molecular formula is C9H12O4. The number of carbonyl (C=O) groups excluding carboxylic acids is 1. The Morgan fingerprint density at radius 3 is 2.38 bits per heavy atom. The summed E-state index contributed by atoms with van der Waals surface area (Å²) >= 11 is 0. The van der Waals surface area contributed by atoms with Crippen molar-refractivity contribution in [1.82, 2.24) is 0 Å². The molecule has 0 saturated heterocycles. The van der Waals surface area contributed by atoms with Crippen LogP contribution in [0.5, 0.6) is 0 Å². The number of hydrogen-bond acceptors (Lipinski definition) is 4. The lowest BCUT2D eigenvalue weighted by atomic mass is 10.1. The molecule has 0 spiro atoms. The molecule has 0 aromatic rings. The van der Waals surface area contributed by atoms with E-state index in [1.807, 2.05) is 0 Å². The van der Waals surface area contributed by atoms with Crippen LogP contribution in [-0.4, -0.2) is 33.2 Å². The molecule has 4 heteroatoms. The van der Waals surface area contributed by atoms with Gasteiger partial charge in [0.1, 0.15) is 11.9 Å². The summed E-state index contributed by atoms with van der Waals surface area (Å²) < 4.78 is 14.8. The van der Waals surface area contributed by atoms with Gasteiger partial charge in [-0.05, 0) is 6.08 Å². The highest BCUT2D eigenvalue weighted by Gasteiger charge is 2.25. The van der Waals surface area contributed by atoms with Gasteiger partial charge in [0, 0.05) is 13.2 Å². The molecule has 1 aliphatic rings. The lowest BCUT2D eigenvalue weighted by Crippen LogP contribution is -2.26. The van der Waals surface area contributed by atoms with Gasteiger partial charge in [-0.2, -0.15) is 0 Å². The molecule has 13 heavy (non-hydrogen) atoms. The van der Waals surface area contributed by atoms with Gasteiger partial charge in [-0.15, -0.1) is 0 Å². The minimum Gasteiger partial charge on any atom is -0.497 e. The summed E-state index contributed by atoms with van der Waals surface area (Å²) in [6.07, 6.45) is 2.54. The summed E-state index contributed by atoms with van der Waals surface area (Å²) in [7, 11) is 4.43. The quantitative estimate of drug-likeness (QED) is 0.645. The summed E-state index contributed by atoms with van der Waals surface area (Å²) in [6, 6.07) is 0. The van der Waals surface area contributed by atoms with Gasteiger partial charge < -0.3 is 14.2 Å². The Morgan fingerprint density at radius 1 is 1.23 bits per heavy atom. The SMILES string of the molecule is COC1=CC(OC)C(=O)C(OC)=C1. The van der Waals surface area contributed by atoms with E-state index >= 15 is 0 Å². The number of hydrogen-bond donors (Lipinski definition) is 0. The Kier molecular flexibility index (Phi) is 3.08. The third-order valence-corrected chi connectivity index (χ3v) is 1.80. The summed E-state index contributed by atoms with van der Waals surface area (Å²) in [5.41, 5.74) is 0. The van der Waals surface area contributed by atoms with Crippen molar-refractivity contribution in [2.75, 3.05) is 21.3 Å². The van der Waals surface area contributed by atoms with E-state index in [1.54, 1.807) is 6.08 Å². The predicted octanol–water partition coefficient (Wildman–Crippen LogP) is 0.645. The van der Waals surface area contributed by atoms with Crippen molar-refractivity contribution in [3.05, 3.63) is 23.7 Å². The number of allylic oxidation sites excluding steroid dienone is 1. The molecule has 0 aromatic heterocycles. The van der Waals surface area contributed by atoms with Crippen molar-refractivity contribution >= 4 is 5.78 Å². The minimum atomic E-state index is -0.602. The van der Waals surface area contributed by atoms with Crippen molar-refractivity contribution in [3.8, 4) is 0 Å². The highest BCUT2D eigenvalue weighted by atomic mass is 16.5. The second kappa shape index (κ2) is 4.09. The van der Waals surface area contributed by atoms with Crippen molar-refractivity contribution in [2.24, 2.45) is 0 Å². The molecule has 4 nitrogen and oxygen atoms in total. The number of ether oxygens (including phenoxy) is 3. The zero-order valence-electron chi connectivity index (χ0n) is 7.87. The van der Waals surface area contributed by atoms with Crippen LogP contribution in [-0.2, 0) is 19.0 Å². The molecule has 0 aromatic carbocycles.